The fraction of sp³-hybridized carbons (Fsp3) is 0. The summed E-state index contributed by atoms with van der Waals surface area (Å²) in [5.41, 5.74) is 3.41. The van der Waals surface area contributed by atoms with Crippen LogP contribution in [0.5, 0.6) is 0 Å². The van der Waals surface area contributed by atoms with Gasteiger partial charge < -0.3 is 4.98 Å². The molecule has 4 aromatic rings. The summed E-state index contributed by atoms with van der Waals surface area (Å²) in [4.78, 5) is 19.6. The molecular formula is C20H13ClN2O. The average Bonchev–Trinajstić information content (AvgIpc) is 2.62. The molecule has 0 fully saturated rings. The van der Waals surface area contributed by atoms with Gasteiger partial charge in [0.15, 0.2) is 0 Å². The van der Waals surface area contributed by atoms with Gasteiger partial charge in [0, 0.05) is 16.1 Å². The molecule has 0 bridgehead atoms. The molecule has 1 aromatic heterocycles. The third kappa shape index (κ3) is 2.59. The van der Waals surface area contributed by atoms with E-state index in [1.165, 1.54) is 0 Å². The summed E-state index contributed by atoms with van der Waals surface area (Å²) in [6.07, 6.45) is 0. The van der Waals surface area contributed by atoms with Crippen molar-refractivity contribution in [2.75, 3.05) is 0 Å². The van der Waals surface area contributed by atoms with E-state index in [4.69, 9.17) is 11.6 Å². The number of halogens is 1. The maximum atomic E-state index is 12.2. The molecule has 3 aromatic carbocycles. The molecule has 0 spiro atoms. The lowest BCUT2D eigenvalue weighted by molar-refractivity contribution is 1.18. The van der Waals surface area contributed by atoms with Crippen LogP contribution in [-0.2, 0) is 0 Å². The molecule has 1 N–H and O–H groups in total. The second kappa shape index (κ2) is 5.95. The summed E-state index contributed by atoms with van der Waals surface area (Å²) >= 11 is 6.24. The number of fused-ring (bicyclic) bond motifs is 1. The minimum absolute atomic E-state index is 0.134. The first-order valence-electron chi connectivity index (χ1n) is 7.57. The Morgan fingerprint density at radius 1 is 0.792 bits per heavy atom. The van der Waals surface area contributed by atoms with Gasteiger partial charge in [0.05, 0.1) is 10.9 Å². The molecule has 0 atom stereocenters. The Labute approximate surface area is 143 Å². The standard InChI is InChI=1S/C20H13ClN2O/c21-17-7-3-1-5-15(17)13-9-11-14(12-10-13)19-22-18-8-4-2-6-16(18)20(24)23-19/h1-12H,(H,22,23,24). The molecule has 4 rings (SSSR count). The number of benzene rings is 3. The summed E-state index contributed by atoms with van der Waals surface area (Å²) in [6.45, 7) is 0. The van der Waals surface area contributed by atoms with Crippen molar-refractivity contribution < 1.29 is 0 Å². The number of para-hydroxylation sites is 1. The van der Waals surface area contributed by atoms with Crippen LogP contribution in [0.1, 0.15) is 0 Å². The van der Waals surface area contributed by atoms with Gasteiger partial charge in [0.1, 0.15) is 5.82 Å². The van der Waals surface area contributed by atoms with Gasteiger partial charge in [-0.25, -0.2) is 4.98 Å². The Bertz CT molecular complexity index is 1080. The maximum Gasteiger partial charge on any atom is 0.259 e. The zero-order valence-corrected chi connectivity index (χ0v) is 13.4. The molecule has 116 valence electrons. The zero-order valence-electron chi connectivity index (χ0n) is 12.7. The fourth-order valence-electron chi connectivity index (χ4n) is 2.73. The normalized spacial score (nSPS) is 10.9. The van der Waals surface area contributed by atoms with E-state index in [1.54, 1.807) is 6.07 Å². The number of nitrogens with zero attached hydrogens (tertiary/aromatic N) is 1. The summed E-state index contributed by atoms with van der Waals surface area (Å²) in [7, 11) is 0. The van der Waals surface area contributed by atoms with Crippen molar-refractivity contribution in [2.45, 2.75) is 0 Å². The monoisotopic (exact) mass is 332 g/mol. The Kier molecular flexibility index (Phi) is 3.63. The number of rotatable bonds is 2. The molecule has 0 amide bonds. The van der Waals surface area contributed by atoms with E-state index in [1.807, 2.05) is 66.7 Å². The molecule has 0 aliphatic heterocycles. The fourth-order valence-corrected chi connectivity index (χ4v) is 2.97. The van der Waals surface area contributed by atoms with Crippen LogP contribution in [0.15, 0.2) is 77.6 Å². The van der Waals surface area contributed by atoms with E-state index in [0.717, 1.165) is 16.7 Å². The number of nitrogens with one attached hydrogen (secondary N) is 1. The Hall–Kier alpha value is -2.91. The Morgan fingerprint density at radius 3 is 2.25 bits per heavy atom. The van der Waals surface area contributed by atoms with Gasteiger partial charge in [0.2, 0.25) is 0 Å². The molecule has 3 nitrogen and oxygen atoms in total. The quantitative estimate of drug-likeness (QED) is 0.567. The van der Waals surface area contributed by atoms with E-state index < -0.39 is 0 Å². The van der Waals surface area contributed by atoms with Crippen LogP contribution in [0.25, 0.3) is 33.4 Å². The predicted octanol–water partition coefficient (Wildman–Crippen LogP) is 4.91. The number of H-pyrrole nitrogens is 1. The third-order valence-corrected chi connectivity index (χ3v) is 4.29. The van der Waals surface area contributed by atoms with Gasteiger partial charge >= 0.3 is 0 Å². The van der Waals surface area contributed by atoms with Crippen LogP contribution in [-0.4, -0.2) is 9.97 Å². The molecule has 0 aliphatic rings. The Morgan fingerprint density at radius 2 is 1.46 bits per heavy atom. The highest BCUT2D eigenvalue weighted by Crippen LogP contribution is 2.29. The third-order valence-electron chi connectivity index (χ3n) is 3.96. The summed E-state index contributed by atoms with van der Waals surface area (Å²) < 4.78 is 0. The second-order valence-electron chi connectivity index (χ2n) is 5.49. The van der Waals surface area contributed by atoms with Gasteiger partial charge in [-0.05, 0) is 23.8 Å². The largest absolute Gasteiger partial charge is 0.306 e. The van der Waals surface area contributed by atoms with Crippen LogP contribution in [0.4, 0.5) is 0 Å². The first kappa shape index (κ1) is 14.7. The van der Waals surface area contributed by atoms with E-state index in [9.17, 15) is 4.79 Å². The maximum absolute atomic E-state index is 12.2. The molecular weight excluding hydrogens is 320 g/mol. The highest BCUT2D eigenvalue weighted by molar-refractivity contribution is 6.33. The van der Waals surface area contributed by atoms with Gasteiger partial charge in [-0.15, -0.1) is 0 Å². The van der Waals surface area contributed by atoms with Crippen molar-refractivity contribution in [1.82, 2.24) is 9.97 Å². The zero-order chi connectivity index (χ0) is 16.5. The van der Waals surface area contributed by atoms with Crippen molar-refractivity contribution in [3.63, 3.8) is 0 Å². The van der Waals surface area contributed by atoms with Gasteiger partial charge in [-0.3, -0.25) is 4.79 Å². The summed E-state index contributed by atoms with van der Waals surface area (Å²) in [6, 6.07) is 22.9. The van der Waals surface area contributed by atoms with Crippen LogP contribution < -0.4 is 5.56 Å². The Balaban J connectivity index is 1.78. The lowest BCUT2D eigenvalue weighted by atomic mass is 10.0. The van der Waals surface area contributed by atoms with Crippen LogP contribution in [0, 0.1) is 0 Å². The highest BCUT2D eigenvalue weighted by atomic mass is 35.5. The van der Waals surface area contributed by atoms with Crippen molar-refractivity contribution >= 4 is 22.5 Å². The minimum atomic E-state index is -0.134. The molecule has 0 saturated carbocycles. The van der Waals surface area contributed by atoms with Crippen molar-refractivity contribution in [1.29, 1.82) is 0 Å². The lowest BCUT2D eigenvalue weighted by Gasteiger charge is -2.07. The van der Waals surface area contributed by atoms with Crippen LogP contribution in [0.2, 0.25) is 5.02 Å². The molecule has 0 unspecified atom stereocenters. The number of hydrogen-bond acceptors (Lipinski definition) is 2. The van der Waals surface area contributed by atoms with Crippen molar-refractivity contribution in [2.24, 2.45) is 0 Å². The van der Waals surface area contributed by atoms with Gasteiger partial charge in [-0.1, -0.05) is 66.2 Å². The molecule has 0 saturated heterocycles. The SMILES string of the molecule is O=c1[nH]c(-c2ccc(-c3ccccc3Cl)cc2)nc2ccccc12. The van der Waals surface area contributed by atoms with Crippen molar-refractivity contribution in [3.05, 3.63) is 88.2 Å². The van der Waals surface area contributed by atoms with E-state index in [2.05, 4.69) is 9.97 Å². The van der Waals surface area contributed by atoms with Crippen LogP contribution in [0.3, 0.4) is 0 Å². The van der Waals surface area contributed by atoms with E-state index in [-0.39, 0.29) is 5.56 Å². The average molecular weight is 333 g/mol. The lowest BCUT2D eigenvalue weighted by Crippen LogP contribution is -2.09. The minimum Gasteiger partial charge on any atom is -0.306 e. The molecule has 0 aliphatic carbocycles. The molecule has 1 heterocycles. The second-order valence-corrected chi connectivity index (χ2v) is 5.90. The summed E-state index contributed by atoms with van der Waals surface area (Å²) in [5.74, 6) is 0.560. The van der Waals surface area contributed by atoms with Crippen molar-refractivity contribution in [3.8, 4) is 22.5 Å². The highest BCUT2D eigenvalue weighted by Gasteiger charge is 2.07. The van der Waals surface area contributed by atoms with E-state index >= 15 is 0 Å². The first-order chi connectivity index (χ1) is 11.7. The smallest absolute Gasteiger partial charge is 0.259 e. The number of aromatic nitrogens is 2. The number of hydrogen-bond donors (Lipinski definition) is 1. The topological polar surface area (TPSA) is 45.8 Å². The van der Waals surface area contributed by atoms with E-state index in [0.29, 0.717) is 21.7 Å². The number of aromatic amines is 1. The van der Waals surface area contributed by atoms with Gasteiger partial charge in [0.25, 0.3) is 5.56 Å². The van der Waals surface area contributed by atoms with Gasteiger partial charge in [-0.2, -0.15) is 0 Å². The molecule has 4 heteroatoms. The molecule has 0 radical (unpaired) electrons. The first-order valence-corrected chi connectivity index (χ1v) is 7.94. The van der Waals surface area contributed by atoms with Crippen LogP contribution >= 0.6 is 11.6 Å². The predicted molar refractivity (Wildman–Crippen MR) is 98.2 cm³/mol. The summed E-state index contributed by atoms with van der Waals surface area (Å²) in [5, 5.41) is 1.30. The molecule has 24 heavy (non-hydrogen) atoms.